The highest BCUT2D eigenvalue weighted by Crippen LogP contribution is 2.60. The van der Waals surface area contributed by atoms with Gasteiger partial charge in [-0.15, -0.1) is 0 Å². The number of hydrogen-bond donors (Lipinski definition) is 1. The number of piperidine rings is 1. The van der Waals surface area contributed by atoms with E-state index >= 15 is 0 Å². The molecule has 6 rings (SSSR count). The fourth-order valence-corrected chi connectivity index (χ4v) is 6.93. The highest BCUT2D eigenvalue weighted by atomic mass is 16.5. The van der Waals surface area contributed by atoms with Crippen LogP contribution < -0.4 is 9.47 Å². The minimum Gasteiger partial charge on any atom is -0.504 e. The molecule has 0 radical (unpaired) electrons. The average molecular weight is 458 g/mol. The van der Waals surface area contributed by atoms with E-state index in [1.807, 2.05) is 18.2 Å². The van der Waals surface area contributed by atoms with Gasteiger partial charge in [0.1, 0.15) is 18.1 Å². The quantitative estimate of drug-likeness (QED) is 0.598. The Balaban J connectivity index is 1.43. The van der Waals surface area contributed by atoms with Crippen molar-refractivity contribution in [1.29, 1.82) is 0 Å². The number of Topliss-reactive ketones (excluding diaryl/α,β-unsaturated/α-hetero) is 1. The molecule has 2 bridgehead atoms. The van der Waals surface area contributed by atoms with Crippen LogP contribution in [0.2, 0.25) is 0 Å². The van der Waals surface area contributed by atoms with Crippen molar-refractivity contribution < 1.29 is 19.4 Å². The maximum atomic E-state index is 12.7. The summed E-state index contributed by atoms with van der Waals surface area (Å²) >= 11 is 0. The third-order valence-electron chi connectivity index (χ3n) is 8.57. The van der Waals surface area contributed by atoms with Gasteiger partial charge in [-0.1, -0.05) is 36.4 Å². The van der Waals surface area contributed by atoms with Crippen molar-refractivity contribution in [2.75, 3.05) is 20.7 Å². The van der Waals surface area contributed by atoms with Crippen molar-refractivity contribution in [3.05, 3.63) is 65.2 Å². The van der Waals surface area contributed by atoms with Gasteiger partial charge < -0.3 is 19.5 Å². The molecule has 0 amide bonds. The van der Waals surface area contributed by atoms with Crippen molar-refractivity contribution in [2.45, 2.75) is 50.2 Å². The summed E-state index contributed by atoms with van der Waals surface area (Å²) in [6.07, 6.45) is 3.71. The average Bonchev–Trinajstić information content (AvgIpc) is 2.85. The first-order valence-electron chi connectivity index (χ1n) is 12.3. The standard InChI is InChI=1S/C29H31NO4/c1-30-12-11-29-16-21(31)9-10-23(29)24(30)14-22-25(15-26(33-2)28(32)27(22)29)34-17-18-7-8-19-5-3-4-6-20(19)13-18/h3-8,13,15,23-24,32H,9-12,14,16-17H2,1-2H3/t23-,24+,29-/m0/s1. The van der Waals surface area contributed by atoms with E-state index in [1.54, 1.807) is 7.11 Å². The monoisotopic (exact) mass is 457 g/mol. The van der Waals surface area contributed by atoms with E-state index in [0.29, 0.717) is 42.9 Å². The summed E-state index contributed by atoms with van der Waals surface area (Å²) in [6, 6.07) is 16.9. The Bertz CT molecular complexity index is 1280. The summed E-state index contributed by atoms with van der Waals surface area (Å²) in [6.45, 7) is 1.36. The van der Waals surface area contributed by atoms with Gasteiger partial charge in [0.15, 0.2) is 11.5 Å². The number of hydrogen-bond acceptors (Lipinski definition) is 5. The second-order valence-corrected chi connectivity index (χ2v) is 10.3. The molecule has 3 aromatic carbocycles. The van der Waals surface area contributed by atoms with Crippen LogP contribution in [0.25, 0.3) is 10.8 Å². The number of nitrogens with zero attached hydrogens (tertiary/aromatic N) is 1. The molecule has 34 heavy (non-hydrogen) atoms. The van der Waals surface area contributed by atoms with E-state index in [1.165, 1.54) is 10.8 Å². The number of rotatable bonds is 4. The number of likely N-dealkylation sites (N-methyl/N-ethyl adjacent to an activating group) is 1. The molecule has 5 heteroatoms. The van der Waals surface area contributed by atoms with Gasteiger partial charge in [-0.05, 0) is 61.2 Å². The smallest absolute Gasteiger partial charge is 0.164 e. The Morgan fingerprint density at radius 1 is 1.12 bits per heavy atom. The van der Waals surface area contributed by atoms with Gasteiger partial charge in [-0.2, -0.15) is 0 Å². The number of benzene rings is 3. The Hall–Kier alpha value is -3.05. The summed E-state index contributed by atoms with van der Waals surface area (Å²) in [4.78, 5) is 15.2. The van der Waals surface area contributed by atoms with E-state index < -0.39 is 0 Å². The van der Waals surface area contributed by atoms with E-state index in [4.69, 9.17) is 9.47 Å². The fraction of sp³-hybridized carbons (Fsp3) is 0.414. The summed E-state index contributed by atoms with van der Waals surface area (Å²) in [5.41, 5.74) is 2.71. The van der Waals surface area contributed by atoms with Crippen LogP contribution in [0, 0.1) is 5.92 Å². The van der Waals surface area contributed by atoms with E-state index in [9.17, 15) is 9.90 Å². The Morgan fingerprint density at radius 2 is 1.94 bits per heavy atom. The number of ketones is 1. The van der Waals surface area contributed by atoms with Crippen molar-refractivity contribution >= 4 is 16.6 Å². The largest absolute Gasteiger partial charge is 0.504 e. The van der Waals surface area contributed by atoms with E-state index in [2.05, 4.69) is 42.3 Å². The number of ether oxygens (including phenoxy) is 2. The molecule has 2 aliphatic carbocycles. The maximum absolute atomic E-state index is 12.7. The number of phenolic OH excluding ortho intramolecular Hbond substituents is 1. The first kappa shape index (κ1) is 21.5. The summed E-state index contributed by atoms with van der Waals surface area (Å²) in [5, 5.41) is 13.7. The van der Waals surface area contributed by atoms with Crippen LogP contribution in [-0.4, -0.2) is 42.5 Å². The lowest BCUT2D eigenvalue weighted by molar-refractivity contribution is -0.127. The molecule has 1 saturated carbocycles. The fourth-order valence-electron chi connectivity index (χ4n) is 6.93. The van der Waals surface area contributed by atoms with Crippen LogP contribution in [0.1, 0.15) is 42.4 Å². The van der Waals surface area contributed by atoms with Crippen LogP contribution in [0.5, 0.6) is 17.2 Å². The van der Waals surface area contributed by atoms with Gasteiger partial charge in [-0.25, -0.2) is 0 Å². The van der Waals surface area contributed by atoms with Crippen molar-refractivity contribution in [2.24, 2.45) is 5.92 Å². The Labute approximate surface area is 200 Å². The molecule has 176 valence electrons. The zero-order chi connectivity index (χ0) is 23.4. The van der Waals surface area contributed by atoms with Crippen molar-refractivity contribution in [3.63, 3.8) is 0 Å². The second kappa shape index (κ2) is 8.02. The van der Waals surface area contributed by atoms with Gasteiger partial charge in [0.2, 0.25) is 0 Å². The zero-order valence-electron chi connectivity index (χ0n) is 19.8. The minimum atomic E-state index is -0.334. The highest BCUT2D eigenvalue weighted by molar-refractivity contribution is 5.83. The molecular weight excluding hydrogens is 426 g/mol. The van der Waals surface area contributed by atoms with Gasteiger partial charge in [0, 0.05) is 41.5 Å². The number of carbonyl (C=O) groups is 1. The van der Waals surface area contributed by atoms with Crippen LogP contribution in [-0.2, 0) is 23.2 Å². The summed E-state index contributed by atoms with van der Waals surface area (Å²) < 4.78 is 12.0. The maximum Gasteiger partial charge on any atom is 0.164 e. The highest BCUT2D eigenvalue weighted by Gasteiger charge is 2.57. The molecule has 1 N–H and O–H groups in total. The van der Waals surface area contributed by atoms with Crippen LogP contribution in [0.3, 0.4) is 0 Å². The lowest BCUT2D eigenvalue weighted by Gasteiger charge is -2.58. The van der Waals surface area contributed by atoms with Crippen LogP contribution in [0.4, 0.5) is 0 Å². The predicted molar refractivity (Wildman–Crippen MR) is 132 cm³/mol. The Kier molecular flexibility index (Phi) is 5.07. The van der Waals surface area contributed by atoms with Crippen LogP contribution >= 0.6 is 0 Å². The van der Waals surface area contributed by atoms with E-state index in [-0.39, 0.29) is 11.2 Å². The van der Waals surface area contributed by atoms with Crippen molar-refractivity contribution in [1.82, 2.24) is 4.90 Å². The third-order valence-corrected chi connectivity index (χ3v) is 8.57. The molecule has 3 aromatic rings. The van der Waals surface area contributed by atoms with Crippen LogP contribution in [0.15, 0.2) is 48.5 Å². The Morgan fingerprint density at radius 3 is 2.76 bits per heavy atom. The lowest BCUT2D eigenvalue weighted by atomic mass is 9.52. The van der Waals surface area contributed by atoms with Gasteiger partial charge in [-0.3, -0.25) is 4.79 Å². The minimum absolute atomic E-state index is 0.193. The molecule has 3 atom stereocenters. The molecule has 1 heterocycles. The van der Waals surface area contributed by atoms with Gasteiger partial charge in [0.05, 0.1) is 7.11 Å². The summed E-state index contributed by atoms with van der Waals surface area (Å²) in [7, 11) is 3.77. The molecular formula is C29H31NO4. The molecule has 0 spiro atoms. The molecule has 5 nitrogen and oxygen atoms in total. The number of methoxy groups -OCH3 is 1. The molecule has 0 unspecified atom stereocenters. The predicted octanol–water partition coefficient (Wildman–Crippen LogP) is 5.00. The molecule has 0 aromatic heterocycles. The normalized spacial score (nSPS) is 26.1. The SMILES string of the molecule is COc1cc(OCc2ccc3ccccc3c2)c2c(c1O)[C@]13CCN(C)[C@H](C2)[C@@H]1CCC(=O)C3. The number of carbonyl (C=O) groups excluding carboxylic acids is 1. The molecule has 3 aliphatic rings. The number of phenols is 1. The van der Waals surface area contributed by atoms with Gasteiger partial charge in [0.25, 0.3) is 0 Å². The van der Waals surface area contributed by atoms with Gasteiger partial charge >= 0.3 is 0 Å². The first-order valence-corrected chi connectivity index (χ1v) is 12.3. The van der Waals surface area contributed by atoms with Crippen molar-refractivity contribution in [3.8, 4) is 17.2 Å². The number of aromatic hydroxyl groups is 1. The van der Waals surface area contributed by atoms with E-state index in [0.717, 1.165) is 48.2 Å². The number of likely N-dealkylation sites (tertiary alicyclic amines) is 1. The summed E-state index contributed by atoms with van der Waals surface area (Å²) in [5.74, 6) is 2.04. The lowest BCUT2D eigenvalue weighted by Crippen LogP contribution is -2.61. The topological polar surface area (TPSA) is 59.0 Å². The number of fused-ring (bicyclic) bond motifs is 2. The second-order valence-electron chi connectivity index (χ2n) is 10.3. The first-order chi connectivity index (χ1) is 16.5. The molecule has 2 fully saturated rings. The zero-order valence-corrected chi connectivity index (χ0v) is 19.8. The third kappa shape index (κ3) is 3.21. The molecule has 1 saturated heterocycles. The molecule has 1 aliphatic heterocycles.